The zero-order valence-corrected chi connectivity index (χ0v) is 25.2. The number of carbonyl (C=O) groups is 2. The summed E-state index contributed by atoms with van der Waals surface area (Å²) in [5.74, 6) is 2.74. The van der Waals surface area contributed by atoms with Gasteiger partial charge in [-0.2, -0.15) is 5.01 Å². The standard InChI is InChI=1S/C33H37ClN6O3/c1-4-16-38-23-32(42)39-27(17-24-10-13-28(41)14-11-24)21-37(20-26-12-15-29(34)30(18-26)36(2)3)22-31(39)40(38)33(43)35-19-25-8-6-5-7-9-25/h1,5-15,18,27,31,41H,16-17,19-23H2,2-3H3,(H,35,43)/t27-,31-/m0/s1. The average molecular weight is 601 g/mol. The summed E-state index contributed by atoms with van der Waals surface area (Å²) in [5.41, 5.74) is 3.96. The second-order valence-electron chi connectivity index (χ2n) is 11.2. The lowest BCUT2D eigenvalue weighted by molar-refractivity contribution is -0.182. The Balaban J connectivity index is 1.47. The Kier molecular flexibility index (Phi) is 9.41. The maximum Gasteiger partial charge on any atom is 0.334 e. The van der Waals surface area contributed by atoms with Crippen LogP contribution in [0.15, 0.2) is 72.8 Å². The number of fused-ring (bicyclic) bond motifs is 1. The van der Waals surface area contributed by atoms with Gasteiger partial charge < -0.3 is 20.2 Å². The van der Waals surface area contributed by atoms with Crippen LogP contribution in [0, 0.1) is 12.3 Å². The van der Waals surface area contributed by atoms with E-state index >= 15 is 0 Å². The van der Waals surface area contributed by atoms with Gasteiger partial charge in [0.2, 0.25) is 5.91 Å². The lowest BCUT2D eigenvalue weighted by Crippen LogP contribution is -2.75. The molecule has 0 bridgehead atoms. The van der Waals surface area contributed by atoms with Crippen LogP contribution in [-0.4, -0.2) is 89.3 Å². The van der Waals surface area contributed by atoms with E-state index in [1.807, 2.05) is 78.5 Å². The SMILES string of the molecule is C#CCN1CC(=O)N2[C@@H](Cc3ccc(O)cc3)CN(Cc3ccc(Cl)c(N(C)C)c3)C[C@@H]2N1C(=O)NCc1ccccc1. The van der Waals surface area contributed by atoms with Crippen molar-refractivity contribution in [3.63, 3.8) is 0 Å². The first-order chi connectivity index (χ1) is 20.7. The first kappa shape index (κ1) is 30.2. The number of rotatable bonds is 8. The number of urea groups is 1. The summed E-state index contributed by atoms with van der Waals surface area (Å²) in [6.07, 6.45) is 5.70. The van der Waals surface area contributed by atoms with Crippen LogP contribution in [0.25, 0.3) is 0 Å². The van der Waals surface area contributed by atoms with Gasteiger partial charge in [-0.05, 0) is 47.4 Å². The number of anilines is 1. The third-order valence-corrected chi connectivity index (χ3v) is 8.19. The predicted molar refractivity (Wildman–Crippen MR) is 168 cm³/mol. The summed E-state index contributed by atoms with van der Waals surface area (Å²) >= 11 is 6.45. The van der Waals surface area contributed by atoms with E-state index in [0.29, 0.717) is 37.6 Å². The molecule has 5 rings (SSSR count). The molecule has 43 heavy (non-hydrogen) atoms. The Morgan fingerprint density at radius 3 is 2.47 bits per heavy atom. The first-order valence-corrected chi connectivity index (χ1v) is 14.7. The highest BCUT2D eigenvalue weighted by Gasteiger charge is 2.48. The van der Waals surface area contributed by atoms with Crippen molar-refractivity contribution >= 4 is 29.2 Å². The summed E-state index contributed by atoms with van der Waals surface area (Å²) in [6, 6.07) is 22.2. The van der Waals surface area contributed by atoms with Gasteiger partial charge >= 0.3 is 6.03 Å². The van der Waals surface area contributed by atoms with Gasteiger partial charge in [0.1, 0.15) is 11.9 Å². The molecule has 2 aliphatic heterocycles. The summed E-state index contributed by atoms with van der Waals surface area (Å²) < 4.78 is 0. The van der Waals surface area contributed by atoms with Crippen LogP contribution in [0.3, 0.4) is 0 Å². The van der Waals surface area contributed by atoms with Crippen molar-refractivity contribution in [2.75, 3.05) is 45.2 Å². The van der Waals surface area contributed by atoms with E-state index in [2.05, 4.69) is 22.2 Å². The molecule has 3 amide bonds. The molecule has 0 radical (unpaired) electrons. The minimum Gasteiger partial charge on any atom is -0.508 e. The van der Waals surface area contributed by atoms with Crippen molar-refractivity contribution in [2.45, 2.75) is 31.7 Å². The lowest BCUT2D eigenvalue weighted by Gasteiger charge is -2.55. The molecule has 0 unspecified atom stereocenters. The number of piperazine rings is 1. The van der Waals surface area contributed by atoms with E-state index < -0.39 is 6.17 Å². The van der Waals surface area contributed by atoms with Crippen molar-refractivity contribution in [1.82, 2.24) is 25.1 Å². The van der Waals surface area contributed by atoms with E-state index in [4.69, 9.17) is 18.0 Å². The van der Waals surface area contributed by atoms with Crippen molar-refractivity contribution in [1.29, 1.82) is 0 Å². The van der Waals surface area contributed by atoms with Gasteiger partial charge in [-0.25, -0.2) is 9.80 Å². The molecule has 2 atom stereocenters. The molecule has 0 aliphatic carbocycles. The van der Waals surface area contributed by atoms with E-state index in [1.165, 1.54) is 0 Å². The molecule has 2 aliphatic rings. The molecule has 2 N–H and O–H groups in total. The number of carbonyl (C=O) groups excluding carboxylic acids is 2. The second-order valence-corrected chi connectivity index (χ2v) is 11.6. The summed E-state index contributed by atoms with van der Waals surface area (Å²) in [4.78, 5) is 33.7. The Morgan fingerprint density at radius 2 is 1.77 bits per heavy atom. The minimum absolute atomic E-state index is 0.00884. The van der Waals surface area contributed by atoms with E-state index in [1.54, 1.807) is 22.2 Å². The fourth-order valence-electron chi connectivity index (χ4n) is 5.90. The monoisotopic (exact) mass is 600 g/mol. The van der Waals surface area contributed by atoms with Gasteiger partial charge in [0, 0.05) is 40.3 Å². The molecule has 224 valence electrons. The maximum absolute atomic E-state index is 13.8. The van der Waals surface area contributed by atoms with Gasteiger partial charge in [-0.1, -0.05) is 66.1 Å². The molecular formula is C33H37ClN6O3. The van der Waals surface area contributed by atoms with Gasteiger partial charge in [-0.3, -0.25) is 9.69 Å². The first-order valence-electron chi connectivity index (χ1n) is 14.3. The number of benzene rings is 3. The number of nitrogens with one attached hydrogen (secondary N) is 1. The third kappa shape index (κ3) is 7.05. The number of amides is 3. The number of terminal acetylenes is 1. The number of aromatic hydroxyl groups is 1. The molecule has 3 aromatic carbocycles. The van der Waals surface area contributed by atoms with Crippen LogP contribution < -0.4 is 10.2 Å². The maximum atomic E-state index is 13.8. The fraction of sp³-hybridized carbons (Fsp3) is 0.333. The van der Waals surface area contributed by atoms with Crippen molar-refractivity contribution in [3.8, 4) is 18.1 Å². The number of hydrazine groups is 1. The molecule has 3 aromatic rings. The van der Waals surface area contributed by atoms with Crippen LogP contribution >= 0.6 is 11.6 Å². The fourth-order valence-corrected chi connectivity index (χ4v) is 6.19. The molecule has 9 nitrogen and oxygen atoms in total. The number of halogens is 1. The van der Waals surface area contributed by atoms with Crippen LogP contribution in [0.1, 0.15) is 16.7 Å². The summed E-state index contributed by atoms with van der Waals surface area (Å²) in [5, 5.41) is 16.8. The predicted octanol–water partition coefficient (Wildman–Crippen LogP) is 3.77. The minimum atomic E-state index is -0.568. The third-order valence-electron chi connectivity index (χ3n) is 7.87. The molecule has 0 saturated carbocycles. The van der Waals surface area contributed by atoms with Crippen molar-refractivity contribution in [3.05, 3.63) is 94.5 Å². The van der Waals surface area contributed by atoms with Crippen LogP contribution in [0.2, 0.25) is 5.02 Å². The van der Waals surface area contributed by atoms with Gasteiger partial charge in [0.25, 0.3) is 0 Å². The second kappa shape index (κ2) is 13.4. The normalized spacial score (nSPS) is 19.1. The number of hydrogen-bond acceptors (Lipinski definition) is 6. The average Bonchev–Trinajstić information content (AvgIpc) is 2.98. The molecule has 2 saturated heterocycles. The molecule has 2 heterocycles. The topological polar surface area (TPSA) is 82.6 Å². The Morgan fingerprint density at radius 1 is 1.05 bits per heavy atom. The van der Waals surface area contributed by atoms with E-state index in [9.17, 15) is 14.7 Å². The Labute approximate surface area is 258 Å². The van der Waals surface area contributed by atoms with Crippen molar-refractivity contribution in [2.24, 2.45) is 0 Å². The molecule has 0 spiro atoms. The molecule has 10 heteroatoms. The largest absolute Gasteiger partial charge is 0.508 e. The Hall–Kier alpha value is -4.23. The highest BCUT2D eigenvalue weighted by Crippen LogP contribution is 2.30. The number of hydrogen-bond donors (Lipinski definition) is 2. The number of nitrogens with zero attached hydrogens (tertiary/aromatic N) is 5. The summed E-state index contributed by atoms with van der Waals surface area (Å²) in [7, 11) is 3.91. The van der Waals surface area contributed by atoms with Crippen LogP contribution in [0.4, 0.5) is 10.5 Å². The smallest absolute Gasteiger partial charge is 0.334 e. The van der Waals surface area contributed by atoms with Gasteiger partial charge in [-0.15, -0.1) is 6.42 Å². The molecule has 2 fully saturated rings. The molecule has 0 aromatic heterocycles. The van der Waals surface area contributed by atoms with Gasteiger partial charge in [0.15, 0.2) is 0 Å². The number of phenols is 1. The summed E-state index contributed by atoms with van der Waals surface area (Å²) in [6.45, 7) is 2.14. The molecular weight excluding hydrogens is 564 g/mol. The van der Waals surface area contributed by atoms with Gasteiger partial charge in [0.05, 0.1) is 29.8 Å². The zero-order valence-electron chi connectivity index (χ0n) is 24.5. The zero-order chi connectivity index (χ0) is 30.5. The highest BCUT2D eigenvalue weighted by molar-refractivity contribution is 6.33. The van der Waals surface area contributed by atoms with E-state index in [0.717, 1.165) is 22.4 Å². The number of phenolic OH excluding ortho intramolecular Hbond substituents is 1. The Bertz CT molecular complexity index is 1480. The van der Waals surface area contributed by atoms with E-state index in [-0.39, 0.29) is 36.8 Å². The lowest BCUT2D eigenvalue weighted by atomic mass is 9.99. The quantitative estimate of drug-likeness (QED) is 0.383. The highest BCUT2D eigenvalue weighted by atomic mass is 35.5. The van der Waals surface area contributed by atoms with Crippen LogP contribution in [-0.2, 0) is 24.3 Å². The van der Waals surface area contributed by atoms with Crippen LogP contribution in [0.5, 0.6) is 5.75 Å². The van der Waals surface area contributed by atoms with Crippen molar-refractivity contribution < 1.29 is 14.7 Å².